The summed E-state index contributed by atoms with van der Waals surface area (Å²) in [5.41, 5.74) is -3.93. The van der Waals surface area contributed by atoms with Crippen LogP contribution in [0.3, 0.4) is 0 Å². The summed E-state index contributed by atoms with van der Waals surface area (Å²) in [6.45, 7) is 6.44. The summed E-state index contributed by atoms with van der Waals surface area (Å²) in [7, 11) is 0. The molecule has 1 aliphatic rings. The molecule has 2 rings (SSSR count). The molecule has 11 heteroatoms. The summed E-state index contributed by atoms with van der Waals surface area (Å²) < 4.78 is 0. The van der Waals surface area contributed by atoms with Gasteiger partial charge in [0.2, 0.25) is 5.75 Å². The molecule has 1 aromatic carbocycles. The lowest BCUT2D eigenvalue weighted by atomic mass is 9.84. The summed E-state index contributed by atoms with van der Waals surface area (Å²) in [5, 5.41) is 54.5. The van der Waals surface area contributed by atoms with Crippen LogP contribution in [-0.2, 0) is 0 Å². The lowest BCUT2D eigenvalue weighted by Crippen LogP contribution is -2.52. The fourth-order valence-electron chi connectivity index (χ4n) is 2.61. The largest absolute Gasteiger partial charge is 0.502 e. The highest BCUT2D eigenvalue weighted by Crippen LogP contribution is 2.51. The molecule has 3 N–H and O–H groups in total. The van der Waals surface area contributed by atoms with Gasteiger partial charge in [0.25, 0.3) is 5.69 Å². The van der Waals surface area contributed by atoms with E-state index in [0.29, 0.717) is 16.2 Å². The van der Waals surface area contributed by atoms with Gasteiger partial charge in [-0.15, -0.1) is 0 Å². The van der Waals surface area contributed by atoms with E-state index in [0.717, 1.165) is 6.07 Å². The molecule has 0 spiro atoms. The minimum atomic E-state index is -1.42. The highest BCUT2D eigenvalue weighted by Gasteiger charge is 2.59. The number of nitrogens with zero attached hydrogens (tertiary/aromatic N) is 4. The Morgan fingerprint density at radius 2 is 1.46 bits per heavy atom. The summed E-state index contributed by atoms with van der Waals surface area (Å²) in [6, 6.07) is 1.50. The molecule has 11 nitrogen and oxygen atoms in total. The SMILES string of the molecule is CC1(C)N(O)C(c2cc([N+](=O)[O-])cc([N+](=O)[O-])c2O)N(O)C1(C)C. The number of phenols is 1. The van der Waals surface area contributed by atoms with Crippen LogP contribution in [0.25, 0.3) is 0 Å². The summed E-state index contributed by atoms with van der Waals surface area (Å²) >= 11 is 0. The van der Waals surface area contributed by atoms with Gasteiger partial charge in [-0.05, 0) is 27.7 Å². The van der Waals surface area contributed by atoms with Gasteiger partial charge in [-0.2, -0.15) is 10.1 Å². The Hall–Kier alpha value is -2.34. The van der Waals surface area contributed by atoms with Crippen molar-refractivity contribution in [2.75, 3.05) is 0 Å². The van der Waals surface area contributed by atoms with Crippen molar-refractivity contribution in [3.05, 3.63) is 37.9 Å². The van der Waals surface area contributed by atoms with Gasteiger partial charge in [0.15, 0.2) is 0 Å². The van der Waals surface area contributed by atoms with Crippen LogP contribution in [-0.4, -0.2) is 46.6 Å². The zero-order chi connectivity index (χ0) is 18.6. The van der Waals surface area contributed by atoms with Crippen molar-refractivity contribution in [3.63, 3.8) is 0 Å². The molecule has 0 unspecified atom stereocenters. The number of phenolic OH excluding ortho intramolecular Hbond substituents is 1. The molecular formula is C13H18N4O7. The maximum atomic E-state index is 11.1. The lowest BCUT2D eigenvalue weighted by Gasteiger charge is -2.37. The van der Waals surface area contributed by atoms with Crippen LogP contribution in [0.4, 0.5) is 11.4 Å². The molecule has 0 bridgehead atoms. The second-order valence-electron chi connectivity index (χ2n) is 6.60. The van der Waals surface area contributed by atoms with E-state index in [4.69, 9.17) is 0 Å². The van der Waals surface area contributed by atoms with Gasteiger partial charge in [0.1, 0.15) is 6.17 Å². The van der Waals surface area contributed by atoms with E-state index in [1.54, 1.807) is 27.7 Å². The van der Waals surface area contributed by atoms with Crippen molar-refractivity contribution in [1.82, 2.24) is 10.1 Å². The maximum Gasteiger partial charge on any atom is 0.317 e. The standard InChI is InChI=1S/C13H18N4O7/c1-12(2)13(3,4)15(20)11(14(12)19)8-5-7(16(21)22)6-9(10(8)18)17(23)24/h5-6,11,18-20H,1-4H3. The molecule has 1 fully saturated rings. The molecular weight excluding hydrogens is 324 g/mol. The van der Waals surface area contributed by atoms with Crippen LogP contribution >= 0.6 is 0 Å². The minimum Gasteiger partial charge on any atom is -0.502 e. The van der Waals surface area contributed by atoms with E-state index in [-0.39, 0.29) is 5.56 Å². The third kappa shape index (κ3) is 2.29. The van der Waals surface area contributed by atoms with Gasteiger partial charge in [0.05, 0.1) is 27.0 Å². The monoisotopic (exact) mass is 342 g/mol. The summed E-state index contributed by atoms with van der Waals surface area (Å²) in [6.07, 6.45) is -1.42. The van der Waals surface area contributed by atoms with Crippen molar-refractivity contribution in [1.29, 1.82) is 0 Å². The third-order valence-corrected chi connectivity index (χ3v) is 4.90. The highest BCUT2D eigenvalue weighted by atomic mass is 16.6. The molecule has 1 aromatic rings. The van der Waals surface area contributed by atoms with E-state index in [2.05, 4.69) is 0 Å². The van der Waals surface area contributed by atoms with E-state index in [1.807, 2.05) is 0 Å². The number of non-ortho nitro benzene ring substituents is 1. The third-order valence-electron chi connectivity index (χ3n) is 4.90. The van der Waals surface area contributed by atoms with Gasteiger partial charge < -0.3 is 15.5 Å². The topological polar surface area (TPSA) is 153 Å². The Labute approximate surface area is 136 Å². The predicted octanol–water partition coefficient (Wildman–Crippen LogP) is 2.16. The second-order valence-corrected chi connectivity index (χ2v) is 6.60. The first-order valence-electron chi connectivity index (χ1n) is 6.96. The molecule has 132 valence electrons. The Morgan fingerprint density at radius 1 is 1.00 bits per heavy atom. The Morgan fingerprint density at radius 3 is 1.83 bits per heavy atom. The fourth-order valence-corrected chi connectivity index (χ4v) is 2.61. The maximum absolute atomic E-state index is 11.1. The number of hydrogen-bond donors (Lipinski definition) is 3. The molecule has 0 saturated carbocycles. The molecule has 0 amide bonds. The van der Waals surface area contributed by atoms with Gasteiger partial charge in [0, 0.05) is 11.6 Å². The van der Waals surface area contributed by atoms with Crippen LogP contribution in [0, 0.1) is 20.2 Å². The molecule has 0 aromatic heterocycles. The van der Waals surface area contributed by atoms with E-state index < -0.39 is 44.2 Å². The normalized spacial score (nSPS) is 21.1. The minimum absolute atomic E-state index is 0.348. The number of hydrogen-bond acceptors (Lipinski definition) is 9. The number of aromatic hydroxyl groups is 1. The van der Waals surface area contributed by atoms with Gasteiger partial charge in [-0.25, -0.2) is 0 Å². The van der Waals surface area contributed by atoms with Gasteiger partial charge in [-0.3, -0.25) is 20.2 Å². The van der Waals surface area contributed by atoms with Crippen molar-refractivity contribution in [2.45, 2.75) is 44.9 Å². The van der Waals surface area contributed by atoms with Crippen LogP contribution in [0.2, 0.25) is 0 Å². The number of nitro benzene ring substituents is 2. The predicted molar refractivity (Wildman–Crippen MR) is 79.6 cm³/mol. The summed E-state index contributed by atoms with van der Waals surface area (Å²) in [4.78, 5) is 20.2. The first-order chi connectivity index (χ1) is 10.8. The van der Waals surface area contributed by atoms with Gasteiger partial charge in [-0.1, -0.05) is 0 Å². The number of benzene rings is 1. The average Bonchev–Trinajstić information content (AvgIpc) is 2.58. The first-order valence-corrected chi connectivity index (χ1v) is 6.96. The quantitative estimate of drug-likeness (QED) is 0.553. The molecule has 1 heterocycles. The summed E-state index contributed by atoms with van der Waals surface area (Å²) in [5.74, 6) is -0.859. The Kier molecular flexibility index (Phi) is 4.01. The smallest absolute Gasteiger partial charge is 0.317 e. The molecule has 24 heavy (non-hydrogen) atoms. The zero-order valence-corrected chi connectivity index (χ0v) is 13.5. The number of rotatable bonds is 3. The molecule has 0 aliphatic carbocycles. The van der Waals surface area contributed by atoms with E-state index in [9.17, 15) is 35.7 Å². The molecule has 1 saturated heterocycles. The first kappa shape index (κ1) is 18.0. The number of hydroxylamine groups is 4. The zero-order valence-electron chi connectivity index (χ0n) is 13.5. The van der Waals surface area contributed by atoms with Crippen molar-refractivity contribution in [3.8, 4) is 5.75 Å². The molecule has 0 radical (unpaired) electrons. The molecule has 1 aliphatic heterocycles. The van der Waals surface area contributed by atoms with Crippen molar-refractivity contribution < 1.29 is 25.4 Å². The highest BCUT2D eigenvalue weighted by molar-refractivity contribution is 5.59. The number of nitro groups is 2. The van der Waals surface area contributed by atoms with Crippen LogP contribution in [0.15, 0.2) is 12.1 Å². The fraction of sp³-hybridized carbons (Fsp3) is 0.538. The lowest BCUT2D eigenvalue weighted by molar-refractivity contribution is -0.395. The van der Waals surface area contributed by atoms with Crippen molar-refractivity contribution >= 4 is 11.4 Å². The van der Waals surface area contributed by atoms with Crippen LogP contribution < -0.4 is 0 Å². The van der Waals surface area contributed by atoms with E-state index >= 15 is 0 Å². The van der Waals surface area contributed by atoms with Crippen LogP contribution in [0.5, 0.6) is 5.75 Å². The van der Waals surface area contributed by atoms with Crippen molar-refractivity contribution in [2.24, 2.45) is 0 Å². The Balaban J connectivity index is 2.72. The van der Waals surface area contributed by atoms with Gasteiger partial charge >= 0.3 is 5.69 Å². The van der Waals surface area contributed by atoms with Crippen LogP contribution in [0.1, 0.15) is 39.4 Å². The van der Waals surface area contributed by atoms with E-state index in [1.165, 1.54) is 0 Å². The molecule has 0 atom stereocenters. The second kappa shape index (κ2) is 5.34. The Bertz CT molecular complexity index is 699. The average molecular weight is 342 g/mol.